The predicted molar refractivity (Wildman–Crippen MR) is 81.6 cm³/mol. The summed E-state index contributed by atoms with van der Waals surface area (Å²) in [7, 11) is 0. The van der Waals surface area contributed by atoms with Gasteiger partial charge >= 0.3 is 0 Å². The summed E-state index contributed by atoms with van der Waals surface area (Å²) in [5, 5.41) is 2.97. The number of amides is 1. The number of carbonyl (C=O) groups is 1. The van der Waals surface area contributed by atoms with Crippen LogP contribution >= 0.6 is 12.4 Å². The Balaban J connectivity index is 0.00000180. The molecule has 1 fully saturated rings. The minimum Gasteiger partial charge on any atom is -0.327 e. The first kappa shape index (κ1) is 16.0. The molecule has 0 aliphatic heterocycles. The lowest BCUT2D eigenvalue weighted by Gasteiger charge is -2.15. The molecule has 1 saturated carbocycles. The molecule has 1 aliphatic rings. The quantitative estimate of drug-likeness (QED) is 0.891. The van der Waals surface area contributed by atoms with Crippen molar-refractivity contribution in [3.63, 3.8) is 0 Å². The summed E-state index contributed by atoms with van der Waals surface area (Å²) < 4.78 is 0. The molecule has 0 bridgehead atoms. The molecule has 0 spiro atoms. The molecule has 4 heteroatoms. The molecule has 0 aromatic heterocycles. The second-order valence-corrected chi connectivity index (χ2v) is 5.16. The van der Waals surface area contributed by atoms with Crippen LogP contribution in [-0.2, 0) is 11.2 Å². The van der Waals surface area contributed by atoms with Gasteiger partial charge in [-0.3, -0.25) is 4.79 Å². The van der Waals surface area contributed by atoms with Gasteiger partial charge < -0.3 is 11.1 Å². The molecule has 0 unspecified atom stereocenters. The van der Waals surface area contributed by atoms with Crippen molar-refractivity contribution < 1.29 is 4.79 Å². The van der Waals surface area contributed by atoms with E-state index in [1.54, 1.807) is 0 Å². The van der Waals surface area contributed by atoms with Crippen molar-refractivity contribution in [2.24, 2.45) is 11.7 Å². The molecule has 2 atom stereocenters. The standard InChI is InChI=1S/C15H22N2O.ClH/c1-2-11-5-3-7-13(9-11)17-15(18)10-12-6-4-8-14(12)16;/h3,5,7,9,12,14H,2,4,6,8,10,16H2,1H3,(H,17,18);1H/t12-,14+;/m0./s1. The van der Waals surface area contributed by atoms with Crippen molar-refractivity contribution in [2.75, 3.05) is 5.32 Å². The first-order valence-electron chi connectivity index (χ1n) is 6.83. The normalized spacial score (nSPS) is 21.8. The summed E-state index contributed by atoms with van der Waals surface area (Å²) in [6.07, 6.45) is 4.84. The van der Waals surface area contributed by atoms with Crippen LogP contribution in [0.3, 0.4) is 0 Å². The van der Waals surface area contributed by atoms with E-state index >= 15 is 0 Å². The fourth-order valence-corrected chi connectivity index (χ4v) is 2.64. The summed E-state index contributed by atoms with van der Waals surface area (Å²) in [5.41, 5.74) is 8.12. The molecular weight excluding hydrogens is 260 g/mol. The maximum Gasteiger partial charge on any atom is 0.224 e. The van der Waals surface area contributed by atoms with Crippen molar-refractivity contribution in [1.82, 2.24) is 0 Å². The van der Waals surface area contributed by atoms with E-state index in [9.17, 15) is 4.79 Å². The van der Waals surface area contributed by atoms with E-state index < -0.39 is 0 Å². The zero-order valence-corrected chi connectivity index (χ0v) is 12.2. The van der Waals surface area contributed by atoms with Gasteiger partial charge in [0.05, 0.1) is 0 Å². The fraction of sp³-hybridized carbons (Fsp3) is 0.533. The van der Waals surface area contributed by atoms with E-state index in [-0.39, 0.29) is 24.4 Å². The van der Waals surface area contributed by atoms with Crippen LogP contribution in [0.25, 0.3) is 0 Å². The first-order chi connectivity index (χ1) is 8.69. The van der Waals surface area contributed by atoms with Crippen molar-refractivity contribution in [3.05, 3.63) is 29.8 Å². The Kier molecular flexibility index (Phi) is 6.32. The summed E-state index contributed by atoms with van der Waals surface area (Å²) in [5.74, 6) is 0.449. The fourth-order valence-electron chi connectivity index (χ4n) is 2.64. The zero-order chi connectivity index (χ0) is 13.0. The monoisotopic (exact) mass is 282 g/mol. The number of hydrogen-bond acceptors (Lipinski definition) is 2. The van der Waals surface area contributed by atoms with E-state index in [1.165, 1.54) is 5.56 Å². The topological polar surface area (TPSA) is 55.1 Å². The van der Waals surface area contributed by atoms with E-state index in [0.29, 0.717) is 12.3 Å². The van der Waals surface area contributed by atoms with E-state index in [0.717, 1.165) is 31.4 Å². The number of nitrogens with two attached hydrogens (primary N) is 1. The van der Waals surface area contributed by atoms with E-state index in [4.69, 9.17) is 5.73 Å². The second kappa shape index (κ2) is 7.51. The molecule has 2 rings (SSSR count). The lowest BCUT2D eigenvalue weighted by molar-refractivity contribution is -0.117. The SMILES string of the molecule is CCc1cccc(NC(=O)C[C@@H]2CCC[C@H]2N)c1.Cl. The Morgan fingerprint density at radius 1 is 1.42 bits per heavy atom. The van der Waals surface area contributed by atoms with Crippen LogP contribution in [0.2, 0.25) is 0 Å². The van der Waals surface area contributed by atoms with E-state index in [2.05, 4.69) is 18.3 Å². The summed E-state index contributed by atoms with van der Waals surface area (Å²) in [6.45, 7) is 2.11. The highest BCUT2D eigenvalue weighted by Crippen LogP contribution is 2.27. The van der Waals surface area contributed by atoms with Gasteiger partial charge in [-0.05, 0) is 42.9 Å². The lowest BCUT2D eigenvalue weighted by atomic mass is 10.00. The van der Waals surface area contributed by atoms with Crippen molar-refractivity contribution in [2.45, 2.75) is 45.1 Å². The third-order valence-corrected chi connectivity index (χ3v) is 3.78. The highest BCUT2D eigenvalue weighted by molar-refractivity contribution is 5.91. The molecule has 0 radical (unpaired) electrons. The van der Waals surface area contributed by atoms with Gasteiger partial charge in [-0.15, -0.1) is 12.4 Å². The molecule has 3 nitrogen and oxygen atoms in total. The van der Waals surface area contributed by atoms with Crippen LogP contribution in [0.1, 0.15) is 38.2 Å². The van der Waals surface area contributed by atoms with Gasteiger partial charge in [-0.1, -0.05) is 25.5 Å². The zero-order valence-electron chi connectivity index (χ0n) is 11.4. The molecule has 0 saturated heterocycles. The van der Waals surface area contributed by atoms with Crippen molar-refractivity contribution >= 4 is 24.0 Å². The smallest absolute Gasteiger partial charge is 0.224 e. The van der Waals surface area contributed by atoms with Crippen molar-refractivity contribution in [1.29, 1.82) is 0 Å². The minimum atomic E-state index is 0. The molecule has 19 heavy (non-hydrogen) atoms. The number of aryl methyl sites for hydroxylation is 1. The average Bonchev–Trinajstić information content (AvgIpc) is 2.75. The van der Waals surface area contributed by atoms with Crippen molar-refractivity contribution in [3.8, 4) is 0 Å². The number of anilines is 1. The van der Waals surface area contributed by atoms with Gasteiger partial charge in [0.2, 0.25) is 5.91 Å². The number of benzene rings is 1. The number of rotatable bonds is 4. The molecule has 1 amide bonds. The first-order valence-corrected chi connectivity index (χ1v) is 6.83. The molecule has 3 N–H and O–H groups in total. The molecule has 0 heterocycles. The maximum atomic E-state index is 11.9. The van der Waals surface area contributed by atoms with Crippen LogP contribution in [0.15, 0.2) is 24.3 Å². The minimum absolute atomic E-state index is 0. The van der Waals surface area contributed by atoms with Gasteiger partial charge in [-0.25, -0.2) is 0 Å². The predicted octanol–water partition coefficient (Wildman–Crippen LogP) is 3.13. The van der Waals surface area contributed by atoms with Crippen LogP contribution in [0, 0.1) is 5.92 Å². The average molecular weight is 283 g/mol. The number of hydrogen-bond donors (Lipinski definition) is 2. The van der Waals surface area contributed by atoms with Gasteiger partial charge in [0.25, 0.3) is 0 Å². The lowest BCUT2D eigenvalue weighted by Crippen LogP contribution is -2.28. The highest BCUT2D eigenvalue weighted by atomic mass is 35.5. The third-order valence-electron chi connectivity index (χ3n) is 3.78. The molecule has 1 aromatic carbocycles. The van der Waals surface area contributed by atoms with Crippen LogP contribution in [0.5, 0.6) is 0 Å². The number of carbonyl (C=O) groups excluding carboxylic acids is 1. The summed E-state index contributed by atoms with van der Waals surface area (Å²) >= 11 is 0. The number of halogens is 1. The third kappa shape index (κ3) is 4.51. The van der Waals surface area contributed by atoms with Crippen LogP contribution in [0.4, 0.5) is 5.69 Å². The molecular formula is C15H23ClN2O. The highest BCUT2D eigenvalue weighted by Gasteiger charge is 2.25. The number of nitrogens with one attached hydrogen (secondary N) is 1. The Labute approximate surface area is 121 Å². The molecule has 1 aromatic rings. The van der Waals surface area contributed by atoms with Gasteiger partial charge in [0.15, 0.2) is 0 Å². The summed E-state index contributed by atoms with van der Waals surface area (Å²) in [4.78, 5) is 11.9. The van der Waals surface area contributed by atoms with Crippen LogP contribution < -0.4 is 11.1 Å². The molecule has 106 valence electrons. The van der Waals surface area contributed by atoms with Gasteiger partial charge in [0.1, 0.15) is 0 Å². The Bertz CT molecular complexity index is 422. The Hall–Kier alpha value is -1.06. The van der Waals surface area contributed by atoms with Gasteiger partial charge in [0, 0.05) is 18.2 Å². The Morgan fingerprint density at radius 2 is 2.21 bits per heavy atom. The van der Waals surface area contributed by atoms with E-state index in [1.807, 2.05) is 18.2 Å². The van der Waals surface area contributed by atoms with Crippen LogP contribution in [-0.4, -0.2) is 11.9 Å². The van der Waals surface area contributed by atoms with Gasteiger partial charge in [-0.2, -0.15) is 0 Å². The Morgan fingerprint density at radius 3 is 2.84 bits per heavy atom. The summed E-state index contributed by atoms with van der Waals surface area (Å²) in [6, 6.07) is 8.23. The second-order valence-electron chi connectivity index (χ2n) is 5.16. The molecule has 1 aliphatic carbocycles. The largest absolute Gasteiger partial charge is 0.327 e. The maximum absolute atomic E-state index is 11.9.